The van der Waals surface area contributed by atoms with Crippen LogP contribution in [-0.2, 0) is 14.3 Å². The third kappa shape index (κ3) is 4.99. The van der Waals surface area contributed by atoms with Gasteiger partial charge in [0.1, 0.15) is 5.69 Å². The van der Waals surface area contributed by atoms with Crippen LogP contribution in [0.15, 0.2) is 18.2 Å². The van der Waals surface area contributed by atoms with E-state index in [0.717, 1.165) is 31.7 Å². The summed E-state index contributed by atoms with van der Waals surface area (Å²) in [5, 5.41) is 14.3. The van der Waals surface area contributed by atoms with E-state index in [-0.39, 0.29) is 23.6 Å². The summed E-state index contributed by atoms with van der Waals surface area (Å²) in [5.74, 6) is 0.408. The molecule has 8 heteroatoms. The topological polar surface area (TPSA) is 93.9 Å². The van der Waals surface area contributed by atoms with E-state index in [1.165, 1.54) is 6.07 Å². The molecule has 154 valence electrons. The molecule has 1 amide bonds. The SMILES string of the molecule is CCN(CC1CCOC1)C(=O)[C@@H]1CO[C@H](CNc2cc(C)ccc2[N+](=O)[O-])C1. The largest absolute Gasteiger partial charge is 0.381 e. The van der Waals surface area contributed by atoms with Crippen molar-refractivity contribution < 1.29 is 19.2 Å². The lowest BCUT2D eigenvalue weighted by Crippen LogP contribution is -2.39. The molecule has 2 fully saturated rings. The standard InChI is InChI=1S/C20H29N3O5/c1-3-22(11-15-6-7-27-12-15)20(24)16-9-17(28-13-16)10-21-18-8-14(2)4-5-19(18)23(25)26/h4-5,8,15-17,21H,3,6-7,9-13H2,1-2H3/t15?,16-,17-/m0/s1. The van der Waals surface area contributed by atoms with Crippen LogP contribution >= 0.6 is 0 Å². The molecule has 28 heavy (non-hydrogen) atoms. The van der Waals surface area contributed by atoms with Crippen molar-refractivity contribution in [1.82, 2.24) is 4.90 Å². The molecule has 1 aromatic carbocycles. The summed E-state index contributed by atoms with van der Waals surface area (Å²) in [5.41, 5.74) is 1.48. The average Bonchev–Trinajstić information content (AvgIpc) is 3.35. The summed E-state index contributed by atoms with van der Waals surface area (Å²) < 4.78 is 11.2. The number of carbonyl (C=O) groups excluding carboxylic acids is 1. The van der Waals surface area contributed by atoms with E-state index in [2.05, 4.69) is 5.32 Å². The maximum atomic E-state index is 12.9. The van der Waals surface area contributed by atoms with Crippen LogP contribution in [0.1, 0.15) is 25.3 Å². The minimum atomic E-state index is -0.393. The second-order valence-electron chi connectivity index (χ2n) is 7.65. The van der Waals surface area contributed by atoms with Crippen LogP contribution in [0, 0.1) is 28.9 Å². The zero-order valence-electron chi connectivity index (χ0n) is 16.6. The Bertz CT molecular complexity index is 705. The zero-order chi connectivity index (χ0) is 20.1. The van der Waals surface area contributed by atoms with Gasteiger partial charge in [-0.3, -0.25) is 14.9 Å². The van der Waals surface area contributed by atoms with Crippen molar-refractivity contribution in [3.05, 3.63) is 33.9 Å². The lowest BCUT2D eigenvalue weighted by molar-refractivity contribution is -0.384. The lowest BCUT2D eigenvalue weighted by atomic mass is 10.0. The van der Waals surface area contributed by atoms with E-state index >= 15 is 0 Å². The van der Waals surface area contributed by atoms with Gasteiger partial charge in [-0.15, -0.1) is 0 Å². The van der Waals surface area contributed by atoms with Gasteiger partial charge in [-0.2, -0.15) is 0 Å². The van der Waals surface area contributed by atoms with E-state index in [0.29, 0.717) is 37.7 Å². The number of benzene rings is 1. The molecule has 0 spiro atoms. The maximum Gasteiger partial charge on any atom is 0.292 e. The molecule has 2 aliphatic rings. The Labute approximate surface area is 165 Å². The fraction of sp³-hybridized carbons (Fsp3) is 0.650. The number of rotatable bonds is 8. The van der Waals surface area contributed by atoms with Crippen molar-refractivity contribution in [3.8, 4) is 0 Å². The molecule has 2 heterocycles. The van der Waals surface area contributed by atoms with Gasteiger partial charge in [0.2, 0.25) is 5.91 Å². The Balaban J connectivity index is 1.53. The Morgan fingerprint density at radius 2 is 2.21 bits per heavy atom. The number of nitrogens with zero attached hydrogens (tertiary/aromatic N) is 2. The number of hydrogen-bond donors (Lipinski definition) is 1. The molecule has 3 atom stereocenters. The Morgan fingerprint density at radius 3 is 2.89 bits per heavy atom. The van der Waals surface area contributed by atoms with Gasteiger partial charge in [0.15, 0.2) is 0 Å². The third-order valence-electron chi connectivity index (χ3n) is 5.49. The summed E-state index contributed by atoms with van der Waals surface area (Å²) in [6.45, 7) is 7.67. The summed E-state index contributed by atoms with van der Waals surface area (Å²) in [6.07, 6.45) is 1.50. The predicted octanol–water partition coefficient (Wildman–Crippen LogP) is 2.61. The number of carbonyl (C=O) groups is 1. The number of nitrogens with one attached hydrogen (secondary N) is 1. The molecule has 1 aromatic rings. The number of aryl methyl sites for hydroxylation is 1. The van der Waals surface area contributed by atoms with Gasteiger partial charge in [-0.1, -0.05) is 6.07 Å². The van der Waals surface area contributed by atoms with Crippen LogP contribution in [0.4, 0.5) is 11.4 Å². The molecule has 2 saturated heterocycles. The Morgan fingerprint density at radius 1 is 1.39 bits per heavy atom. The summed E-state index contributed by atoms with van der Waals surface area (Å²) in [6, 6.07) is 4.99. The zero-order valence-corrected chi connectivity index (χ0v) is 16.6. The molecule has 8 nitrogen and oxygen atoms in total. The van der Waals surface area contributed by atoms with Crippen molar-refractivity contribution in [2.45, 2.75) is 32.8 Å². The van der Waals surface area contributed by atoms with Crippen LogP contribution in [0.5, 0.6) is 0 Å². The highest BCUT2D eigenvalue weighted by Crippen LogP contribution is 2.27. The Hall–Kier alpha value is -2.19. The van der Waals surface area contributed by atoms with Crippen LogP contribution in [0.25, 0.3) is 0 Å². The maximum absolute atomic E-state index is 12.9. The highest BCUT2D eigenvalue weighted by atomic mass is 16.6. The number of nitro benzene ring substituents is 1. The van der Waals surface area contributed by atoms with Crippen LogP contribution in [0.2, 0.25) is 0 Å². The van der Waals surface area contributed by atoms with Crippen molar-refractivity contribution in [2.75, 3.05) is 44.8 Å². The van der Waals surface area contributed by atoms with Gasteiger partial charge < -0.3 is 19.7 Å². The summed E-state index contributed by atoms with van der Waals surface area (Å²) >= 11 is 0. The predicted molar refractivity (Wildman–Crippen MR) is 105 cm³/mol. The van der Waals surface area contributed by atoms with Gasteiger partial charge in [-0.05, 0) is 38.3 Å². The molecule has 2 aliphatic heterocycles. The van der Waals surface area contributed by atoms with Crippen LogP contribution in [0.3, 0.4) is 0 Å². The first-order valence-electron chi connectivity index (χ1n) is 9.95. The Kier molecular flexibility index (Phi) is 6.85. The molecule has 0 aromatic heterocycles. The van der Waals surface area contributed by atoms with Crippen molar-refractivity contribution in [3.63, 3.8) is 0 Å². The van der Waals surface area contributed by atoms with Gasteiger partial charge in [0, 0.05) is 38.2 Å². The molecule has 0 aliphatic carbocycles. The first-order chi connectivity index (χ1) is 13.5. The number of anilines is 1. The first kappa shape index (κ1) is 20.5. The smallest absolute Gasteiger partial charge is 0.292 e. The molecule has 1 unspecified atom stereocenters. The number of hydrogen-bond acceptors (Lipinski definition) is 6. The number of amides is 1. The monoisotopic (exact) mass is 391 g/mol. The summed E-state index contributed by atoms with van der Waals surface area (Å²) in [7, 11) is 0. The minimum absolute atomic E-state index is 0.0483. The van der Waals surface area contributed by atoms with Gasteiger partial charge in [-0.25, -0.2) is 0 Å². The quantitative estimate of drug-likeness (QED) is 0.541. The summed E-state index contributed by atoms with van der Waals surface area (Å²) in [4.78, 5) is 25.6. The van der Waals surface area contributed by atoms with Crippen molar-refractivity contribution in [1.29, 1.82) is 0 Å². The molecular weight excluding hydrogens is 362 g/mol. The van der Waals surface area contributed by atoms with E-state index in [4.69, 9.17) is 9.47 Å². The van der Waals surface area contributed by atoms with Gasteiger partial charge in [0.05, 0.1) is 30.2 Å². The molecule has 3 rings (SSSR count). The first-order valence-corrected chi connectivity index (χ1v) is 9.95. The number of nitro groups is 1. The number of ether oxygens (including phenoxy) is 2. The van der Waals surface area contributed by atoms with E-state index in [1.54, 1.807) is 12.1 Å². The van der Waals surface area contributed by atoms with Crippen molar-refractivity contribution in [2.24, 2.45) is 11.8 Å². The molecular formula is C20H29N3O5. The van der Waals surface area contributed by atoms with Crippen LogP contribution in [-0.4, -0.2) is 61.3 Å². The van der Waals surface area contributed by atoms with E-state index in [9.17, 15) is 14.9 Å². The highest BCUT2D eigenvalue weighted by Gasteiger charge is 2.34. The van der Waals surface area contributed by atoms with E-state index in [1.807, 2.05) is 18.7 Å². The fourth-order valence-electron chi connectivity index (χ4n) is 3.87. The van der Waals surface area contributed by atoms with Crippen molar-refractivity contribution >= 4 is 17.3 Å². The van der Waals surface area contributed by atoms with Gasteiger partial charge >= 0.3 is 0 Å². The second-order valence-corrected chi connectivity index (χ2v) is 7.65. The average molecular weight is 391 g/mol. The van der Waals surface area contributed by atoms with E-state index < -0.39 is 4.92 Å². The lowest BCUT2D eigenvalue weighted by Gasteiger charge is -2.26. The second kappa shape index (κ2) is 9.34. The third-order valence-corrected chi connectivity index (χ3v) is 5.49. The molecule has 0 saturated carbocycles. The normalized spacial score (nSPS) is 24.3. The fourth-order valence-corrected chi connectivity index (χ4v) is 3.87. The highest BCUT2D eigenvalue weighted by molar-refractivity contribution is 5.79. The van der Waals surface area contributed by atoms with Gasteiger partial charge in [0.25, 0.3) is 5.69 Å². The minimum Gasteiger partial charge on any atom is -0.381 e. The molecule has 1 N–H and O–H groups in total. The molecule has 0 radical (unpaired) electrons. The van der Waals surface area contributed by atoms with Crippen LogP contribution < -0.4 is 5.32 Å². The molecule has 0 bridgehead atoms.